The quantitative estimate of drug-likeness (QED) is 0.864. The van der Waals surface area contributed by atoms with Gasteiger partial charge in [0.2, 0.25) is 0 Å². The summed E-state index contributed by atoms with van der Waals surface area (Å²) in [6.07, 6.45) is -0.0978. The van der Waals surface area contributed by atoms with Crippen molar-refractivity contribution in [3.8, 4) is 0 Å². The number of hydrogen-bond donors (Lipinski definition) is 1. The van der Waals surface area contributed by atoms with Gasteiger partial charge >= 0.3 is 12.2 Å². The predicted octanol–water partition coefficient (Wildman–Crippen LogP) is 3.48. The first-order chi connectivity index (χ1) is 11.7. The van der Waals surface area contributed by atoms with E-state index in [9.17, 15) is 9.59 Å². The number of hydrogen-bond acceptors (Lipinski definition) is 4. The highest BCUT2D eigenvalue weighted by molar-refractivity contribution is 6.30. The molecule has 0 unspecified atom stereocenters. The van der Waals surface area contributed by atoms with E-state index in [4.69, 9.17) is 21.1 Å². The van der Waals surface area contributed by atoms with Gasteiger partial charge in [-0.25, -0.2) is 9.59 Å². The zero-order valence-electron chi connectivity index (χ0n) is 14.9. The molecule has 0 radical (unpaired) electrons. The molecule has 0 spiro atoms. The molecule has 0 aromatic heterocycles. The van der Waals surface area contributed by atoms with Crippen molar-refractivity contribution in [3.05, 3.63) is 34.9 Å². The topological polar surface area (TPSA) is 67.9 Å². The van der Waals surface area contributed by atoms with Crippen LogP contribution in [-0.2, 0) is 15.9 Å². The Morgan fingerprint density at radius 2 is 1.88 bits per heavy atom. The van der Waals surface area contributed by atoms with Crippen LogP contribution in [-0.4, -0.2) is 48.9 Å². The molecule has 2 amide bonds. The number of ether oxygens (including phenoxy) is 2. The number of carbonyl (C=O) groups excluding carboxylic acids is 2. The summed E-state index contributed by atoms with van der Waals surface area (Å²) in [5.74, 6) is 0.233. The van der Waals surface area contributed by atoms with Crippen LogP contribution in [0.2, 0.25) is 5.02 Å². The minimum absolute atomic E-state index is 0.233. The van der Waals surface area contributed by atoms with E-state index in [0.29, 0.717) is 37.7 Å². The molecule has 1 aromatic rings. The van der Waals surface area contributed by atoms with Crippen LogP contribution in [0.4, 0.5) is 9.59 Å². The molecular formula is C18H25ClN2O4. The Balaban J connectivity index is 1.58. The number of amides is 2. The Bertz CT molecular complexity index is 592. The number of nitrogens with zero attached hydrogens (tertiary/aromatic N) is 1. The van der Waals surface area contributed by atoms with Crippen LogP contribution in [0.15, 0.2) is 24.3 Å². The molecule has 1 saturated heterocycles. The minimum Gasteiger partial charge on any atom is -0.449 e. The van der Waals surface area contributed by atoms with E-state index >= 15 is 0 Å². The first kappa shape index (κ1) is 19.4. The van der Waals surface area contributed by atoms with Gasteiger partial charge in [-0.15, -0.1) is 0 Å². The lowest BCUT2D eigenvalue weighted by Crippen LogP contribution is -2.54. The largest absolute Gasteiger partial charge is 0.449 e. The first-order valence-electron chi connectivity index (χ1n) is 8.36. The van der Waals surface area contributed by atoms with Crippen molar-refractivity contribution in [2.24, 2.45) is 5.92 Å². The monoisotopic (exact) mass is 368 g/mol. The van der Waals surface area contributed by atoms with E-state index in [0.717, 1.165) is 5.56 Å². The number of carbonyl (C=O) groups is 2. The number of nitrogens with one attached hydrogen (secondary N) is 1. The molecule has 0 atom stereocenters. The predicted molar refractivity (Wildman–Crippen MR) is 95.8 cm³/mol. The lowest BCUT2D eigenvalue weighted by Gasteiger charge is -2.38. The number of alkyl carbamates (subject to hydrolysis) is 1. The number of halogens is 1. The fourth-order valence-electron chi connectivity index (χ4n) is 2.39. The van der Waals surface area contributed by atoms with Gasteiger partial charge in [0.25, 0.3) is 0 Å². The van der Waals surface area contributed by atoms with Crippen molar-refractivity contribution < 1.29 is 19.1 Å². The Labute approximate surface area is 153 Å². The van der Waals surface area contributed by atoms with E-state index in [1.165, 1.54) is 0 Å². The summed E-state index contributed by atoms with van der Waals surface area (Å²) in [5, 5.41) is 3.41. The second-order valence-electron chi connectivity index (χ2n) is 7.14. The highest BCUT2D eigenvalue weighted by atomic mass is 35.5. The van der Waals surface area contributed by atoms with Gasteiger partial charge in [0.15, 0.2) is 0 Å². The summed E-state index contributed by atoms with van der Waals surface area (Å²) in [5.41, 5.74) is 0.559. The van der Waals surface area contributed by atoms with Gasteiger partial charge in [0.1, 0.15) is 5.60 Å². The molecule has 138 valence electrons. The molecule has 1 fully saturated rings. The van der Waals surface area contributed by atoms with E-state index in [2.05, 4.69) is 5.32 Å². The average Bonchev–Trinajstić information content (AvgIpc) is 2.46. The van der Waals surface area contributed by atoms with E-state index < -0.39 is 11.7 Å². The van der Waals surface area contributed by atoms with Crippen LogP contribution < -0.4 is 5.32 Å². The van der Waals surface area contributed by atoms with Crippen molar-refractivity contribution in [2.45, 2.75) is 32.8 Å². The van der Waals surface area contributed by atoms with Crippen LogP contribution >= 0.6 is 11.6 Å². The minimum atomic E-state index is -0.510. The van der Waals surface area contributed by atoms with Crippen molar-refractivity contribution in [2.75, 3.05) is 26.2 Å². The summed E-state index contributed by atoms with van der Waals surface area (Å²) in [7, 11) is 0. The summed E-state index contributed by atoms with van der Waals surface area (Å²) in [4.78, 5) is 25.1. The smallest absolute Gasteiger partial charge is 0.409 e. The third-order valence-corrected chi connectivity index (χ3v) is 3.93. The van der Waals surface area contributed by atoms with Gasteiger partial charge in [-0.2, -0.15) is 0 Å². The molecule has 2 rings (SSSR count). The van der Waals surface area contributed by atoms with Gasteiger partial charge in [-0.1, -0.05) is 23.7 Å². The Kier molecular flexibility index (Phi) is 6.53. The molecule has 1 N–H and O–H groups in total. The molecule has 1 aliphatic rings. The van der Waals surface area contributed by atoms with Gasteiger partial charge in [0, 0.05) is 37.0 Å². The zero-order valence-corrected chi connectivity index (χ0v) is 15.6. The van der Waals surface area contributed by atoms with Crippen molar-refractivity contribution in [1.82, 2.24) is 10.2 Å². The molecule has 0 aliphatic carbocycles. The second kappa shape index (κ2) is 8.43. The fourth-order valence-corrected chi connectivity index (χ4v) is 2.51. The Morgan fingerprint density at radius 3 is 2.48 bits per heavy atom. The molecule has 25 heavy (non-hydrogen) atoms. The van der Waals surface area contributed by atoms with Crippen LogP contribution in [0, 0.1) is 5.92 Å². The highest BCUT2D eigenvalue weighted by Crippen LogP contribution is 2.16. The molecule has 1 aromatic carbocycles. The number of rotatable bonds is 5. The van der Waals surface area contributed by atoms with Gasteiger partial charge < -0.3 is 19.7 Å². The van der Waals surface area contributed by atoms with E-state index in [1.54, 1.807) is 4.90 Å². The van der Waals surface area contributed by atoms with E-state index in [-0.39, 0.29) is 12.0 Å². The third kappa shape index (κ3) is 6.82. The van der Waals surface area contributed by atoms with Crippen molar-refractivity contribution >= 4 is 23.8 Å². The lowest BCUT2D eigenvalue weighted by molar-refractivity contribution is 0.0419. The lowest BCUT2D eigenvalue weighted by atomic mass is 10.0. The molecular weight excluding hydrogens is 344 g/mol. The van der Waals surface area contributed by atoms with Gasteiger partial charge in [-0.05, 0) is 38.5 Å². The normalized spacial score (nSPS) is 14.6. The maximum absolute atomic E-state index is 11.9. The molecule has 0 saturated carbocycles. The Morgan fingerprint density at radius 1 is 1.24 bits per heavy atom. The van der Waals surface area contributed by atoms with Crippen LogP contribution in [0.5, 0.6) is 0 Å². The van der Waals surface area contributed by atoms with Gasteiger partial charge in [0.05, 0.1) is 6.61 Å². The molecule has 7 heteroatoms. The summed E-state index contributed by atoms with van der Waals surface area (Å²) in [6.45, 7) is 7.43. The summed E-state index contributed by atoms with van der Waals surface area (Å²) in [6, 6.07) is 7.46. The van der Waals surface area contributed by atoms with Crippen LogP contribution in [0.3, 0.4) is 0 Å². The van der Waals surface area contributed by atoms with Crippen LogP contribution in [0.1, 0.15) is 26.3 Å². The van der Waals surface area contributed by atoms with Gasteiger partial charge in [-0.3, -0.25) is 0 Å². The zero-order chi connectivity index (χ0) is 18.4. The molecule has 6 nitrogen and oxygen atoms in total. The average molecular weight is 369 g/mol. The SMILES string of the molecule is CC(C)(C)OC(=O)NCC1CN(C(=O)OCCc2ccc(Cl)cc2)C1. The Hall–Kier alpha value is -1.95. The third-order valence-electron chi connectivity index (χ3n) is 3.68. The second-order valence-corrected chi connectivity index (χ2v) is 7.58. The number of benzene rings is 1. The summed E-state index contributed by atoms with van der Waals surface area (Å²) >= 11 is 5.83. The molecule has 1 aliphatic heterocycles. The van der Waals surface area contributed by atoms with Crippen molar-refractivity contribution in [1.29, 1.82) is 0 Å². The standard InChI is InChI=1S/C18H25ClN2O4/c1-18(2,3)25-16(22)20-10-14-11-21(12-14)17(23)24-9-8-13-4-6-15(19)7-5-13/h4-7,14H,8-12H2,1-3H3,(H,20,22). The fraction of sp³-hybridized carbons (Fsp3) is 0.556. The molecule has 0 bridgehead atoms. The molecule has 1 heterocycles. The maximum Gasteiger partial charge on any atom is 0.409 e. The highest BCUT2D eigenvalue weighted by Gasteiger charge is 2.32. The first-order valence-corrected chi connectivity index (χ1v) is 8.74. The maximum atomic E-state index is 11.9. The summed E-state index contributed by atoms with van der Waals surface area (Å²) < 4.78 is 10.4. The van der Waals surface area contributed by atoms with Crippen molar-refractivity contribution in [3.63, 3.8) is 0 Å². The van der Waals surface area contributed by atoms with E-state index in [1.807, 2.05) is 45.0 Å². The number of likely N-dealkylation sites (tertiary alicyclic amines) is 1. The van der Waals surface area contributed by atoms with Crippen LogP contribution in [0.25, 0.3) is 0 Å².